The molecule has 9 rings (SSSR count). The molecule has 45 heteroatoms. The molecule has 3 aliphatic rings. The van der Waals surface area contributed by atoms with Crippen molar-refractivity contribution in [3.63, 3.8) is 0 Å². The van der Waals surface area contributed by atoms with Crippen molar-refractivity contribution in [2.75, 3.05) is 65.4 Å². The number of benzene rings is 3. The van der Waals surface area contributed by atoms with Gasteiger partial charge in [0.25, 0.3) is 0 Å². The summed E-state index contributed by atoms with van der Waals surface area (Å²) in [6.07, 6.45) is 4.68. The molecule has 43 nitrogen and oxygen atoms in total. The normalized spacial score (nSPS) is 24.6. The Bertz CT molecular complexity index is 5270. The van der Waals surface area contributed by atoms with E-state index in [1.165, 1.54) is 90.9 Å². The number of aromatic amines is 2. The van der Waals surface area contributed by atoms with Gasteiger partial charge in [0.2, 0.25) is 100 Å². The van der Waals surface area contributed by atoms with Crippen molar-refractivity contribution < 1.29 is 91.7 Å². The Labute approximate surface area is 801 Å². The molecule has 17 amide bonds. The van der Waals surface area contributed by atoms with Crippen molar-refractivity contribution in [1.82, 2.24) is 97.9 Å². The summed E-state index contributed by atoms with van der Waals surface area (Å²) in [6, 6.07) is -2.43. The van der Waals surface area contributed by atoms with E-state index in [1.807, 2.05) is 32.0 Å². The number of carbonyl (C=O) groups is 17. The number of likely N-dealkylation sites (N-methyl/N-ethyl adjacent to an activating group) is 3. The average molecular weight is 1940 g/mol. The number of aromatic hydroxyl groups is 1. The molecule has 3 aromatic carbocycles. The van der Waals surface area contributed by atoms with Crippen molar-refractivity contribution in [3.05, 3.63) is 119 Å². The Kier molecular flexibility index (Phi) is 40.4. The number of nitrogens with two attached hydrogens (primary N) is 4. The number of aliphatic hydroxyl groups excluding tert-OH is 1. The van der Waals surface area contributed by atoms with Gasteiger partial charge in [-0.05, 0) is 116 Å². The van der Waals surface area contributed by atoms with Crippen molar-refractivity contribution in [1.29, 1.82) is 5.41 Å². The highest BCUT2D eigenvalue weighted by Crippen LogP contribution is 2.30. The minimum atomic E-state index is -1.87. The number of carbonyl (C=O) groups excluding carboxylic acids is 17. The summed E-state index contributed by atoms with van der Waals surface area (Å²) in [5, 5.41) is 61.9. The van der Waals surface area contributed by atoms with E-state index in [4.69, 9.17) is 28.3 Å². The Morgan fingerprint density at radius 1 is 0.569 bits per heavy atom. The van der Waals surface area contributed by atoms with Crippen LogP contribution in [0.2, 0.25) is 0 Å². The largest absolute Gasteiger partial charge is 0.508 e. The van der Waals surface area contributed by atoms with Crippen molar-refractivity contribution in [2.24, 2.45) is 28.9 Å². The lowest BCUT2D eigenvalue weighted by Crippen LogP contribution is -2.62. The second-order valence-electron chi connectivity index (χ2n) is 35.3. The number of nitrogens with zero attached hydrogens (tertiary/aromatic N) is 6. The van der Waals surface area contributed by atoms with Crippen LogP contribution in [-0.2, 0) is 107 Å². The Hall–Kier alpha value is -13.3. The standard InChI is InChI=1S/C92H130N24O19S2/c1-9-11-13-25-72-91(135)113(7)70(24-12-10-2)84(128)104-61(23-18-32-99-92(96)97)80(124)111-69(79(123)101-43-76(95)120)47-136-48-77(121)103-65(35-52-28-30-57(118)31-29-52)87(131)112(6)51(5)78(122)107-67(40-75(94)119)89(133)115-33-19-26-71(115)85(129)106-63(39-56-42-98-49-102-56)82(126)108-64(34-50(3)4)90(134)116-44-55(93)38-73(116)86(130)105-62(36-53-41-100-60-22-16-14-20-58(53)60)81(125)110-68(45-117)83(127)109-66(88(132)114(72)8)37-54-46-137-74-27-17-15-21-59(54)74/h14-17,20-22,27-31,41-42,46,49-51,55,61-73,100,117-118H,9-13,18-19,23-26,32-40,43-45,47-48,93H2,1-8H3,(H2,94,119)(H2,95,120)(H,98,102)(H,101,123)(H,103,121)(H,104,128)(H,105,130)(H,106,129)(H,107,122)(H,108,126)(H,109,127)(H,110,125)(H,111,124)(H4,96,97,99)/t51-,55-,61-,62-,63-,64-,65-,66-,67-,68-,69-,70-,71-,72-,73-/m0/s1. The van der Waals surface area contributed by atoms with Gasteiger partial charge in [-0.25, -0.2) is 4.98 Å². The summed E-state index contributed by atoms with van der Waals surface area (Å²) >= 11 is 2.12. The predicted molar refractivity (Wildman–Crippen MR) is 510 cm³/mol. The van der Waals surface area contributed by atoms with Crippen LogP contribution in [0.1, 0.15) is 147 Å². The molecule has 24 N–H and O–H groups in total. The number of hydrogen-bond acceptors (Lipinski definition) is 24. The maximum atomic E-state index is 15.9. The Balaban J connectivity index is 1.11. The third-order valence-corrected chi connectivity index (χ3v) is 26.6. The maximum absolute atomic E-state index is 15.9. The first-order valence-corrected chi connectivity index (χ1v) is 48.1. The number of rotatable bonds is 27. The van der Waals surface area contributed by atoms with Crippen LogP contribution in [-0.4, -0.2) is 312 Å². The molecular weight excluding hydrogens is 1810 g/mol. The second-order valence-corrected chi connectivity index (χ2v) is 37.3. The quantitative estimate of drug-likeness (QED) is 0.0153. The van der Waals surface area contributed by atoms with Gasteiger partial charge in [-0.15, -0.1) is 23.1 Å². The van der Waals surface area contributed by atoms with Gasteiger partial charge in [0.05, 0.1) is 31.7 Å². The van der Waals surface area contributed by atoms with E-state index >= 15 is 43.2 Å². The van der Waals surface area contributed by atoms with E-state index in [0.29, 0.717) is 65.4 Å². The SMILES string of the molecule is CCCCC[C@H]1C(=O)N(C)[C@@H](CCCC)C(=O)N[C@@H](CCCNC(=N)N)C(=O)N[C@H](C(=O)NCC(N)=O)CSCC(=O)N[C@@H](Cc2ccc(O)cc2)C(=O)N(C)[C@@H](C)C(=O)N[C@@H](CC(N)=O)C(=O)N2CCC[C@H]2C(=O)N[C@@H](Cc2cnc[nH]2)C(=O)N[C@@H](CC(C)C)C(=O)N2C[C@@H](N)C[C@H]2C(=O)N[C@@H](Cc2c[nH]c3ccccc23)C(=O)N[C@@H](CO)C(=O)N[C@@H](Cc2csc3ccccc23)C(=O)N1C. The lowest BCUT2D eigenvalue weighted by Gasteiger charge is -2.36. The summed E-state index contributed by atoms with van der Waals surface area (Å²) in [5.74, 6) is -17.6. The summed E-state index contributed by atoms with van der Waals surface area (Å²) < 4.78 is 0.820. The molecule has 0 unspecified atom stereocenters. The first-order chi connectivity index (χ1) is 65.3. The van der Waals surface area contributed by atoms with Gasteiger partial charge in [0.1, 0.15) is 90.3 Å². The lowest BCUT2D eigenvalue weighted by atomic mass is 9.99. The molecule has 0 radical (unpaired) electrons. The van der Waals surface area contributed by atoms with Gasteiger partial charge in [-0.1, -0.05) is 108 Å². The minimum Gasteiger partial charge on any atom is -0.508 e. The Morgan fingerprint density at radius 3 is 1.82 bits per heavy atom. The Morgan fingerprint density at radius 2 is 1.16 bits per heavy atom. The zero-order valence-corrected chi connectivity index (χ0v) is 79.9. The number of amides is 17. The van der Waals surface area contributed by atoms with E-state index in [0.717, 1.165) is 31.6 Å². The molecule has 0 saturated carbocycles. The topological polar surface area (TPSA) is 652 Å². The number of primary amides is 2. The molecule has 3 aromatic heterocycles. The molecule has 0 bridgehead atoms. The number of para-hydroxylation sites is 1. The molecule has 3 saturated heterocycles. The summed E-state index contributed by atoms with van der Waals surface area (Å²) in [5.41, 5.74) is 26.0. The molecular formula is C92H130N24O19S2. The highest BCUT2D eigenvalue weighted by molar-refractivity contribution is 8.00. The molecule has 744 valence electrons. The number of fused-ring (bicyclic) bond motifs is 4. The van der Waals surface area contributed by atoms with Crippen molar-refractivity contribution in [3.8, 4) is 5.75 Å². The number of imidazole rings is 1. The fourth-order valence-electron chi connectivity index (χ4n) is 16.9. The molecule has 3 fully saturated rings. The number of thioether (sulfide) groups is 1. The van der Waals surface area contributed by atoms with E-state index in [2.05, 4.69) is 73.4 Å². The van der Waals surface area contributed by atoms with Crippen LogP contribution in [0.4, 0.5) is 0 Å². The van der Waals surface area contributed by atoms with Gasteiger partial charge in [0, 0.05) is 112 Å². The maximum Gasteiger partial charge on any atom is 0.246 e. The number of guanidine groups is 1. The molecule has 15 atom stereocenters. The van der Waals surface area contributed by atoms with Gasteiger partial charge >= 0.3 is 0 Å². The second kappa shape index (κ2) is 51.6. The fourth-order valence-corrected chi connectivity index (χ4v) is 18.8. The monoisotopic (exact) mass is 1940 g/mol. The number of aliphatic hydroxyl groups is 1. The van der Waals surface area contributed by atoms with Crippen LogP contribution in [0.5, 0.6) is 5.75 Å². The smallest absolute Gasteiger partial charge is 0.246 e. The van der Waals surface area contributed by atoms with Gasteiger partial charge < -0.3 is 126 Å². The number of unbranched alkanes of at least 4 members (excludes halogenated alkanes) is 3. The highest BCUT2D eigenvalue weighted by atomic mass is 32.2. The molecule has 0 spiro atoms. The van der Waals surface area contributed by atoms with Crippen LogP contribution in [0.25, 0.3) is 21.0 Å². The van der Waals surface area contributed by atoms with Crippen molar-refractivity contribution >= 4 is 150 Å². The first-order valence-electron chi connectivity index (χ1n) is 46.0. The molecule has 137 heavy (non-hydrogen) atoms. The molecule has 6 heterocycles. The van der Waals surface area contributed by atoms with E-state index in [-0.39, 0.29) is 108 Å². The van der Waals surface area contributed by atoms with Crippen molar-refractivity contribution in [2.45, 2.75) is 241 Å². The summed E-state index contributed by atoms with van der Waals surface area (Å²) in [4.78, 5) is 267. The zero-order chi connectivity index (χ0) is 100. The van der Waals surface area contributed by atoms with E-state index in [9.17, 15) is 48.6 Å². The first kappa shape index (κ1) is 107. The predicted octanol–water partition coefficient (Wildman–Crippen LogP) is -1.84. The average Bonchev–Trinajstić information content (AvgIpc) is 1.68. The summed E-state index contributed by atoms with van der Waals surface area (Å²) in [7, 11) is 3.95. The third-order valence-electron chi connectivity index (χ3n) is 24.5. The number of H-pyrrole nitrogens is 2. The fraction of sp³-hybridized carbons (Fsp3) is 0.533. The number of hydrogen-bond donors (Lipinski definition) is 20. The van der Waals surface area contributed by atoms with E-state index in [1.54, 1.807) is 55.8 Å². The summed E-state index contributed by atoms with van der Waals surface area (Å²) in [6.45, 7) is 6.43. The molecule has 0 aliphatic carbocycles. The minimum absolute atomic E-state index is 0.00658. The van der Waals surface area contributed by atoms with Crippen LogP contribution in [0, 0.1) is 11.3 Å². The molecule has 6 aromatic rings. The van der Waals surface area contributed by atoms with Gasteiger partial charge in [0.15, 0.2) is 5.96 Å². The lowest BCUT2D eigenvalue weighted by molar-refractivity contribution is -0.149. The van der Waals surface area contributed by atoms with E-state index < -0.39 is 228 Å². The number of phenols is 1. The van der Waals surface area contributed by atoms with Crippen LogP contribution < -0.4 is 81.4 Å². The number of thiophene rings is 1. The van der Waals surface area contributed by atoms with Crippen LogP contribution >= 0.6 is 23.1 Å². The van der Waals surface area contributed by atoms with Crippen LogP contribution in [0.3, 0.4) is 0 Å². The van der Waals surface area contributed by atoms with Gasteiger partial charge in [-0.2, -0.15) is 0 Å². The molecule has 3 aliphatic heterocycles. The third kappa shape index (κ3) is 30.3. The number of aromatic nitrogens is 3. The highest BCUT2D eigenvalue weighted by Gasteiger charge is 2.47. The number of phenolic OH excluding ortho intramolecular Hbond substituents is 1. The van der Waals surface area contributed by atoms with Gasteiger partial charge in [-0.3, -0.25) is 86.9 Å². The van der Waals surface area contributed by atoms with Crippen LogP contribution in [0.15, 0.2) is 96.9 Å². The number of nitrogens with one attached hydrogen (secondary N) is 14. The zero-order valence-electron chi connectivity index (χ0n) is 78.3.